The molecule has 1 heterocycles. The molecule has 108 valence electrons. The summed E-state index contributed by atoms with van der Waals surface area (Å²) in [5.41, 5.74) is 7.59. The number of nitrogens with zero attached hydrogens (tertiary/aromatic N) is 4. The number of benzene rings is 1. The number of nitrogens with two attached hydrogens (primary N) is 1. The third-order valence-corrected chi connectivity index (χ3v) is 3.01. The van der Waals surface area contributed by atoms with Gasteiger partial charge in [-0.25, -0.2) is 0 Å². The molecule has 0 bridgehead atoms. The van der Waals surface area contributed by atoms with E-state index in [1.54, 1.807) is 11.8 Å². The average molecular weight is 275 g/mol. The van der Waals surface area contributed by atoms with Crippen LogP contribution in [0.25, 0.3) is 0 Å². The van der Waals surface area contributed by atoms with Gasteiger partial charge in [-0.1, -0.05) is 23.4 Å². The SMILES string of the molecule is COc1ccccc1CN(C)Cc1cn(CCN)nn1. The fourth-order valence-corrected chi connectivity index (χ4v) is 2.11. The van der Waals surface area contributed by atoms with E-state index >= 15 is 0 Å². The van der Waals surface area contributed by atoms with Crippen molar-refractivity contribution in [2.45, 2.75) is 19.6 Å². The molecule has 6 nitrogen and oxygen atoms in total. The van der Waals surface area contributed by atoms with E-state index in [4.69, 9.17) is 10.5 Å². The van der Waals surface area contributed by atoms with Crippen LogP contribution in [0.2, 0.25) is 0 Å². The summed E-state index contributed by atoms with van der Waals surface area (Å²) in [5.74, 6) is 0.908. The van der Waals surface area contributed by atoms with Gasteiger partial charge in [0.2, 0.25) is 0 Å². The quantitative estimate of drug-likeness (QED) is 0.812. The molecular formula is C14H21N5O. The van der Waals surface area contributed by atoms with Crippen LogP contribution in [0.15, 0.2) is 30.5 Å². The molecule has 2 rings (SSSR count). The molecule has 0 spiro atoms. The largest absolute Gasteiger partial charge is 0.496 e. The number of ether oxygens (including phenoxy) is 1. The van der Waals surface area contributed by atoms with Crippen LogP contribution in [0.4, 0.5) is 0 Å². The third-order valence-electron chi connectivity index (χ3n) is 3.01. The number of rotatable bonds is 7. The van der Waals surface area contributed by atoms with Gasteiger partial charge < -0.3 is 10.5 Å². The van der Waals surface area contributed by atoms with E-state index in [-0.39, 0.29) is 0 Å². The number of methoxy groups -OCH3 is 1. The van der Waals surface area contributed by atoms with E-state index in [2.05, 4.69) is 21.3 Å². The summed E-state index contributed by atoms with van der Waals surface area (Å²) < 4.78 is 7.13. The van der Waals surface area contributed by atoms with E-state index in [0.29, 0.717) is 13.1 Å². The van der Waals surface area contributed by atoms with Crippen LogP contribution in [-0.2, 0) is 19.6 Å². The van der Waals surface area contributed by atoms with Crippen molar-refractivity contribution in [1.82, 2.24) is 19.9 Å². The van der Waals surface area contributed by atoms with Crippen molar-refractivity contribution in [2.24, 2.45) is 5.73 Å². The first-order chi connectivity index (χ1) is 9.72. The van der Waals surface area contributed by atoms with E-state index in [1.165, 1.54) is 0 Å². The maximum Gasteiger partial charge on any atom is 0.123 e. The van der Waals surface area contributed by atoms with Gasteiger partial charge in [0.05, 0.1) is 19.3 Å². The maximum atomic E-state index is 5.49. The lowest BCUT2D eigenvalue weighted by Gasteiger charge is -2.16. The Morgan fingerprint density at radius 3 is 2.85 bits per heavy atom. The van der Waals surface area contributed by atoms with Crippen LogP contribution in [-0.4, -0.2) is 40.6 Å². The second-order valence-electron chi connectivity index (χ2n) is 4.75. The van der Waals surface area contributed by atoms with Gasteiger partial charge in [-0.15, -0.1) is 5.10 Å². The predicted molar refractivity (Wildman–Crippen MR) is 77.2 cm³/mol. The fraction of sp³-hybridized carbons (Fsp3) is 0.429. The van der Waals surface area contributed by atoms with Crippen molar-refractivity contribution < 1.29 is 4.74 Å². The van der Waals surface area contributed by atoms with Crippen molar-refractivity contribution in [3.05, 3.63) is 41.7 Å². The van der Waals surface area contributed by atoms with E-state index in [9.17, 15) is 0 Å². The lowest BCUT2D eigenvalue weighted by Crippen LogP contribution is -2.18. The second kappa shape index (κ2) is 7.02. The molecule has 0 radical (unpaired) electrons. The molecule has 0 saturated heterocycles. The van der Waals surface area contributed by atoms with Crippen LogP contribution in [0.5, 0.6) is 5.75 Å². The van der Waals surface area contributed by atoms with Gasteiger partial charge in [0.15, 0.2) is 0 Å². The standard InChI is InChI=1S/C14H21N5O/c1-18(9-12-5-3-4-6-14(12)20-2)10-13-11-19(8-7-15)17-16-13/h3-6,11H,7-10,15H2,1-2H3. The highest BCUT2D eigenvalue weighted by molar-refractivity contribution is 5.33. The molecule has 6 heteroatoms. The van der Waals surface area contributed by atoms with Crippen molar-refractivity contribution >= 4 is 0 Å². The van der Waals surface area contributed by atoms with Crippen LogP contribution in [0.3, 0.4) is 0 Å². The van der Waals surface area contributed by atoms with Crippen LogP contribution < -0.4 is 10.5 Å². The predicted octanol–water partition coefficient (Wildman–Crippen LogP) is 0.877. The minimum atomic E-state index is 0.569. The van der Waals surface area contributed by atoms with Gasteiger partial charge in [-0.3, -0.25) is 9.58 Å². The zero-order valence-electron chi connectivity index (χ0n) is 12.0. The lowest BCUT2D eigenvalue weighted by molar-refractivity contribution is 0.306. The van der Waals surface area contributed by atoms with Crippen LogP contribution in [0.1, 0.15) is 11.3 Å². The molecule has 0 unspecified atom stereocenters. The van der Waals surface area contributed by atoms with E-state index in [1.807, 2.05) is 31.4 Å². The summed E-state index contributed by atoms with van der Waals surface area (Å²) >= 11 is 0. The van der Waals surface area contributed by atoms with Gasteiger partial charge in [0.1, 0.15) is 5.75 Å². The summed E-state index contributed by atoms with van der Waals surface area (Å²) in [6.07, 6.45) is 1.94. The van der Waals surface area contributed by atoms with Gasteiger partial charge in [0, 0.05) is 31.4 Å². The Bertz CT molecular complexity index is 540. The molecule has 0 amide bonds. The topological polar surface area (TPSA) is 69.2 Å². The van der Waals surface area contributed by atoms with Crippen molar-refractivity contribution in [1.29, 1.82) is 0 Å². The maximum absolute atomic E-state index is 5.49. The highest BCUT2D eigenvalue weighted by atomic mass is 16.5. The van der Waals surface area contributed by atoms with Gasteiger partial charge in [-0.2, -0.15) is 0 Å². The molecule has 0 fully saturated rings. The molecule has 0 aliphatic heterocycles. The molecule has 2 N–H and O–H groups in total. The summed E-state index contributed by atoms with van der Waals surface area (Å²) in [6, 6.07) is 8.03. The first-order valence-electron chi connectivity index (χ1n) is 6.62. The van der Waals surface area contributed by atoms with Crippen molar-refractivity contribution in [3.63, 3.8) is 0 Å². The molecule has 2 aromatic rings. The first kappa shape index (κ1) is 14.5. The Morgan fingerprint density at radius 2 is 2.10 bits per heavy atom. The zero-order chi connectivity index (χ0) is 14.4. The molecule has 0 aliphatic rings. The monoisotopic (exact) mass is 275 g/mol. The molecule has 1 aromatic heterocycles. The summed E-state index contributed by atoms with van der Waals surface area (Å²) in [5, 5.41) is 8.18. The van der Waals surface area contributed by atoms with Crippen molar-refractivity contribution in [3.8, 4) is 5.75 Å². The Hall–Kier alpha value is -1.92. The minimum Gasteiger partial charge on any atom is -0.496 e. The normalized spacial score (nSPS) is 11.0. The molecule has 0 saturated carbocycles. The number of hydrogen-bond acceptors (Lipinski definition) is 5. The highest BCUT2D eigenvalue weighted by Gasteiger charge is 2.08. The van der Waals surface area contributed by atoms with Gasteiger partial charge >= 0.3 is 0 Å². The van der Waals surface area contributed by atoms with Crippen LogP contribution in [0, 0.1) is 0 Å². The second-order valence-corrected chi connectivity index (χ2v) is 4.75. The highest BCUT2D eigenvalue weighted by Crippen LogP contribution is 2.19. The Kier molecular flexibility index (Phi) is 5.09. The lowest BCUT2D eigenvalue weighted by atomic mass is 10.2. The molecule has 0 atom stereocenters. The number of aromatic nitrogens is 3. The Balaban J connectivity index is 1.95. The van der Waals surface area contributed by atoms with Crippen molar-refractivity contribution in [2.75, 3.05) is 20.7 Å². The van der Waals surface area contributed by atoms with E-state index < -0.39 is 0 Å². The summed E-state index contributed by atoms with van der Waals surface area (Å²) in [6.45, 7) is 2.81. The van der Waals surface area contributed by atoms with E-state index in [0.717, 1.165) is 30.1 Å². The Labute approximate surface area is 119 Å². The third kappa shape index (κ3) is 3.79. The summed E-state index contributed by atoms with van der Waals surface area (Å²) in [4.78, 5) is 2.18. The Morgan fingerprint density at radius 1 is 1.30 bits per heavy atom. The minimum absolute atomic E-state index is 0.569. The van der Waals surface area contributed by atoms with Gasteiger partial charge in [0.25, 0.3) is 0 Å². The molecule has 1 aromatic carbocycles. The van der Waals surface area contributed by atoms with Gasteiger partial charge in [-0.05, 0) is 13.1 Å². The molecule has 0 aliphatic carbocycles. The molecule has 20 heavy (non-hydrogen) atoms. The fourth-order valence-electron chi connectivity index (χ4n) is 2.11. The summed E-state index contributed by atoms with van der Waals surface area (Å²) in [7, 11) is 3.74. The zero-order valence-corrected chi connectivity index (χ0v) is 12.0. The molecular weight excluding hydrogens is 254 g/mol. The average Bonchev–Trinajstić information content (AvgIpc) is 2.87. The number of para-hydroxylation sites is 1. The first-order valence-corrected chi connectivity index (χ1v) is 6.62. The van der Waals surface area contributed by atoms with Crippen LogP contribution >= 0.6 is 0 Å². The smallest absolute Gasteiger partial charge is 0.123 e. The number of hydrogen-bond donors (Lipinski definition) is 1.